The fourth-order valence-corrected chi connectivity index (χ4v) is 1.71. The first kappa shape index (κ1) is 20.4. The number of benzene rings is 1. The highest BCUT2D eigenvalue weighted by Gasteiger charge is 2.11. The van der Waals surface area contributed by atoms with Crippen LogP contribution >= 0.6 is 11.6 Å². The molecular formula is C16H20ClN3O5. The van der Waals surface area contributed by atoms with Gasteiger partial charge in [-0.2, -0.15) is 0 Å². The number of hydrogen-bond acceptors (Lipinski definition) is 5. The Morgan fingerprint density at radius 1 is 1.08 bits per heavy atom. The van der Waals surface area contributed by atoms with Gasteiger partial charge in [0.1, 0.15) is 0 Å². The highest BCUT2D eigenvalue weighted by Crippen LogP contribution is 2.09. The molecule has 0 heterocycles. The van der Waals surface area contributed by atoms with E-state index in [0.717, 1.165) is 0 Å². The SMILES string of the molecule is CN(C)C(=O)CNC(=O)COC(=O)CCNC(=O)c1ccc(Cl)cc1. The minimum absolute atomic E-state index is 0.0705. The van der Waals surface area contributed by atoms with Crippen LogP contribution in [0.15, 0.2) is 24.3 Å². The maximum absolute atomic E-state index is 11.8. The molecule has 1 aromatic carbocycles. The van der Waals surface area contributed by atoms with Crippen LogP contribution in [-0.2, 0) is 19.1 Å². The Bertz CT molecular complexity index is 631. The highest BCUT2D eigenvalue weighted by molar-refractivity contribution is 6.30. The molecule has 0 aromatic heterocycles. The average Bonchev–Trinajstić information content (AvgIpc) is 2.58. The Balaban J connectivity index is 2.20. The van der Waals surface area contributed by atoms with Crippen molar-refractivity contribution in [1.82, 2.24) is 15.5 Å². The Kier molecular flexibility index (Phi) is 8.42. The van der Waals surface area contributed by atoms with Gasteiger partial charge in [0.25, 0.3) is 11.8 Å². The fraction of sp³-hybridized carbons (Fsp3) is 0.375. The smallest absolute Gasteiger partial charge is 0.308 e. The van der Waals surface area contributed by atoms with Crippen LogP contribution in [-0.4, -0.2) is 62.4 Å². The minimum atomic E-state index is -0.634. The molecule has 136 valence electrons. The number of nitrogens with zero attached hydrogens (tertiary/aromatic N) is 1. The van der Waals surface area contributed by atoms with Crippen molar-refractivity contribution in [2.45, 2.75) is 6.42 Å². The van der Waals surface area contributed by atoms with Crippen LogP contribution in [0.3, 0.4) is 0 Å². The van der Waals surface area contributed by atoms with E-state index in [4.69, 9.17) is 16.3 Å². The van der Waals surface area contributed by atoms with E-state index in [-0.39, 0.29) is 31.3 Å². The zero-order valence-electron chi connectivity index (χ0n) is 14.0. The van der Waals surface area contributed by atoms with Crippen LogP contribution in [0.2, 0.25) is 5.02 Å². The molecular weight excluding hydrogens is 350 g/mol. The van der Waals surface area contributed by atoms with Gasteiger partial charge in [0, 0.05) is 31.2 Å². The quantitative estimate of drug-likeness (QED) is 0.637. The number of rotatable bonds is 8. The van der Waals surface area contributed by atoms with Gasteiger partial charge in [-0.15, -0.1) is 0 Å². The maximum atomic E-state index is 11.8. The lowest BCUT2D eigenvalue weighted by atomic mass is 10.2. The third kappa shape index (κ3) is 8.16. The number of amides is 3. The lowest BCUT2D eigenvalue weighted by Crippen LogP contribution is -2.38. The van der Waals surface area contributed by atoms with E-state index in [2.05, 4.69) is 10.6 Å². The van der Waals surface area contributed by atoms with E-state index in [1.165, 1.54) is 4.90 Å². The largest absolute Gasteiger partial charge is 0.456 e. The fourth-order valence-electron chi connectivity index (χ4n) is 1.58. The number of carbonyl (C=O) groups is 4. The first-order valence-electron chi connectivity index (χ1n) is 7.46. The molecule has 8 nitrogen and oxygen atoms in total. The van der Waals surface area contributed by atoms with Crippen molar-refractivity contribution in [1.29, 1.82) is 0 Å². The number of ether oxygens (including phenoxy) is 1. The molecule has 0 fully saturated rings. The summed E-state index contributed by atoms with van der Waals surface area (Å²) in [6, 6.07) is 6.31. The zero-order chi connectivity index (χ0) is 18.8. The second kappa shape index (κ2) is 10.3. The standard InChI is InChI=1S/C16H20ClN3O5/c1-20(2)14(22)9-19-13(21)10-25-15(23)7-8-18-16(24)11-3-5-12(17)6-4-11/h3-6H,7-10H2,1-2H3,(H,18,24)(H,19,21). The number of hydrogen-bond donors (Lipinski definition) is 2. The van der Waals surface area contributed by atoms with Crippen molar-refractivity contribution >= 4 is 35.3 Å². The molecule has 0 aliphatic rings. The summed E-state index contributed by atoms with van der Waals surface area (Å²) in [6.45, 7) is -0.577. The van der Waals surface area contributed by atoms with E-state index < -0.39 is 18.5 Å². The third-order valence-corrected chi connectivity index (χ3v) is 3.27. The molecule has 0 saturated heterocycles. The minimum Gasteiger partial charge on any atom is -0.456 e. The molecule has 2 N–H and O–H groups in total. The van der Waals surface area contributed by atoms with Crippen molar-refractivity contribution in [3.05, 3.63) is 34.9 Å². The summed E-state index contributed by atoms with van der Waals surface area (Å²) in [6.07, 6.45) is -0.0801. The maximum Gasteiger partial charge on any atom is 0.308 e. The van der Waals surface area contributed by atoms with Gasteiger partial charge in [0.15, 0.2) is 6.61 Å². The van der Waals surface area contributed by atoms with Crippen LogP contribution in [0.1, 0.15) is 16.8 Å². The predicted octanol–water partition coefficient (Wildman–Crippen LogP) is 0.208. The van der Waals surface area contributed by atoms with Crippen molar-refractivity contribution in [2.24, 2.45) is 0 Å². The predicted molar refractivity (Wildman–Crippen MR) is 91.1 cm³/mol. The molecule has 3 amide bonds. The van der Waals surface area contributed by atoms with E-state index in [1.54, 1.807) is 38.4 Å². The summed E-state index contributed by atoms with van der Waals surface area (Å²) in [5, 5.41) is 5.41. The van der Waals surface area contributed by atoms with Gasteiger partial charge < -0.3 is 20.3 Å². The summed E-state index contributed by atoms with van der Waals surface area (Å²) in [7, 11) is 3.12. The summed E-state index contributed by atoms with van der Waals surface area (Å²) in [5.41, 5.74) is 0.419. The number of esters is 1. The van der Waals surface area contributed by atoms with Crippen molar-refractivity contribution in [2.75, 3.05) is 33.8 Å². The van der Waals surface area contributed by atoms with E-state index in [9.17, 15) is 19.2 Å². The molecule has 0 radical (unpaired) electrons. The monoisotopic (exact) mass is 369 g/mol. The number of halogens is 1. The molecule has 1 rings (SSSR count). The lowest BCUT2D eigenvalue weighted by molar-refractivity contribution is -0.148. The van der Waals surface area contributed by atoms with Crippen LogP contribution in [0.4, 0.5) is 0 Å². The van der Waals surface area contributed by atoms with Gasteiger partial charge in [0.2, 0.25) is 5.91 Å². The van der Waals surface area contributed by atoms with Crippen LogP contribution in [0, 0.1) is 0 Å². The van der Waals surface area contributed by atoms with E-state index in [1.807, 2.05) is 0 Å². The Hall–Kier alpha value is -2.61. The number of likely N-dealkylation sites (N-methyl/N-ethyl adjacent to an activating group) is 1. The first-order valence-corrected chi connectivity index (χ1v) is 7.83. The first-order chi connectivity index (χ1) is 11.8. The third-order valence-electron chi connectivity index (χ3n) is 3.02. The van der Waals surface area contributed by atoms with Crippen molar-refractivity contribution < 1.29 is 23.9 Å². The van der Waals surface area contributed by atoms with Gasteiger partial charge in [-0.25, -0.2) is 0 Å². The Morgan fingerprint density at radius 3 is 2.32 bits per heavy atom. The molecule has 0 aliphatic carbocycles. The van der Waals surface area contributed by atoms with Crippen LogP contribution in [0.25, 0.3) is 0 Å². The molecule has 0 unspecified atom stereocenters. The van der Waals surface area contributed by atoms with Gasteiger partial charge in [0.05, 0.1) is 13.0 Å². The average molecular weight is 370 g/mol. The molecule has 0 aliphatic heterocycles. The Labute approximate surface area is 150 Å². The molecule has 0 saturated carbocycles. The highest BCUT2D eigenvalue weighted by atomic mass is 35.5. The molecule has 0 bridgehead atoms. The molecule has 9 heteroatoms. The molecule has 0 spiro atoms. The van der Waals surface area contributed by atoms with E-state index in [0.29, 0.717) is 10.6 Å². The molecule has 25 heavy (non-hydrogen) atoms. The summed E-state index contributed by atoms with van der Waals surface area (Å²) >= 11 is 5.73. The van der Waals surface area contributed by atoms with E-state index >= 15 is 0 Å². The zero-order valence-corrected chi connectivity index (χ0v) is 14.8. The Morgan fingerprint density at radius 2 is 1.72 bits per heavy atom. The van der Waals surface area contributed by atoms with Crippen molar-refractivity contribution in [3.8, 4) is 0 Å². The summed E-state index contributed by atoms with van der Waals surface area (Å²) in [5.74, 6) is -1.83. The second-order valence-electron chi connectivity index (χ2n) is 5.24. The normalized spacial score (nSPS) is 9.88. The van der Waals surface area contributed by atoms with Crippen LogP contribution < -0.4 is 10.6 Å². The van der Waals surface area contributed by atoms with Gasteiger partial charge >= 0.3 is 5.97 Å². The number of nitrogens with one attached hydrogen (secondary N) is 2. The summed E-state index contributed by atoms with van der Waals surface area (Å²) in [4.78, 5) is 47.4. The van der Waals surface area contributed by atoms with Crippen molar-refractivity contribution in [3.63, 3.8) is 0 Å². The lowest BCUT2D eigenvalue weighted by Gasteiger charge is -2.11. The van der Waals surface area contributed by atoms with Gasteiger partial charge in [-0.05, 0) is 24.3 Å². The molecule has 0 atom stereocenters. The topological polar surface area (TPSA) is 105 Å². The van der Waals surface area contributed by atoms with Gasteiger partial charge in [-0.3, -0.25) is 19.2 Å². The second-order valence-corrected chi connectivity index (χ2v) is 5.67. The van der Waals surface area contributed by atoms with Gasteiger partial charge in [-0.1, -0.05) is 11.6 Å². The summed E-state index contributed by atoms with van der Waals surface area (Å²) < 4.78 is 4.76. The number of carbonyl (C=O) groups excluding carboxylic acids is 4. The molecule has 1 aromatic rings. The van der Waals surface area contributed by atoms with Crippen LogP contribution in [0.5, 0.6) is 0 Å².